The van der Waals surface area contributed by atoms with E-state index in [1.807, 2.05) is 37.4 Å². The molecule has 160 valence electrons. The molecular weight excluding hydrogens is 402 g/mol. The van der Waals surface area contributed by atoms with Crippen LogP contribution in [0.25, 0.3) is 10.9 Å². The zero-order valence-corrected chi connectivity index (χ0v) is 18.4. The molecular formula is C22H27N3O4S. The van der Waals surface area contributed by atoms with Crippen molar-refractivity contribution >= 4 is 32.5 Å². The van der Waals surface area contributed by atoms with Gasteiger partial charge in [-0.2, -0.15) is 0 Å². The molecule has 0 fully saturated rings. The fourth-order valence-corrected chi connectivity index (χ4v) is 4.41. The number of hydrogen-bond acceptors (Lipinski definition) is 4. The quantitative estimate of drug-likeness (QED) is 0.567. The average Bonchev–Trinajstić information content (AvgIpc) is 3.13. The highest BCUT2D eigenvalue weighted by atomic mass is 32.2. The van der Waals surface area contributed by atoms with Gasteiger partial charge in [0, 0.05) is 43.3 Å². The molecule has 1 heterocycles. The highest BCUT2D eigenvalue weighted by molar-refractivity contribution is 7.89. The van der Waals surface area contributed by atoms with Gasteiger partial charge in [0.15, 0.2) is 0 Å². The number of rotatable bonds is 8. The highest BCUT2D eigenvalue weighted by Crippen LogP contribution is 2.31. The molecule has 0 radical (unpaired) electrons. The molecule has 3 aromatic rings. The average molecular weight is 430 g/mol. The third-order valence-corrected chi connectivity index (χ3v) is 6.77. The van der Waals surface area contributed by atoms with E-state index in [1.165, 1.54) is 20.2 Å². The first-order valence-corrected chi connectivity index (χ1v) is 11.2. The molecule has 2 N–H and O–H groups in total. The molecule has 0 aliphatic carbocycles. The topological polar surface area (TPSA) is 91.5 Å². The van der Waals surface area contributed by atoms with Gasteiger partial charge in [-0.25, -0.2) is 12.7 Å². The summed E-state index contributed by atoms with van der Waals surface area (Å²) in [5, 5.41) is 3.91. The number of H-pyrrole nitrogens is 1. The predicted octanol–water partition coefficient (Wildman–Crippen LogP) is 3.95. The van der Waals surface area contributed by atoms with Gasteiger partial charge in [0.25, 0.3) is 0 Å². The van der Waals surface area contributed by atoms with E-state index < -0.39 is 10.0 Å². The second-order valence-electron chi connectivity index (χ2n) is 7.32. The highest BCUT2D eigenvalue weighted by Gasteiger charge is 2.23. The number of amides is 1. The molecule has 0 saturated carbocycles. The molecule has 1 atom stereocenters. The van der Waals surface area contributed by atoms with E-state index in [9.17, 15) is 13.2 Å². The molecule has 30 heavy (non-hydrogen) atoms. The molecule has 8 heteroatoms. The summed E-state index contributed by atoms with van der Waals surface area (Å²) in [5.74, 6) is 0.0651. The van der Waals surface area contributed by atoms with Crippen LogP contribution in [0, 0.1) is 0 Å². The first-order valence-electron chi connectivity index (χ1n) is 9.79. The Balaban J connectivity index is 1.79. The number of para-hydroxylation sites is 1. The second kappa shape index (κ2) is 8.89. The lowest BCUT2D eigenvalue weighted by atomic mass is 9.97. The van der Waals surface area contributed by atoms with Crippen molar-refractivity contribution in [2.24, 2.45) is 0 Å². The van der Waals surface area contributed by atoms with Gasteiger partial charge in [-0.05, 0) is 42.7 Å². The van der Waals surface area contributed by atoms with Gasteiger partial charge in [-0.1, -0.05) is 25.1 Å². The Labute approximate surface area is 177 Å². The number of aromatic amines is 1. The van der Waals surface area contributed by atoms with E-state index in [0.717, 1.165) is 20.8 Å². The number of benzene rings is 2. The molecule has 0 bridgehead atoms. The molecule has 0 aliphatic rings. The molecule has 7 nitrogen and oxygen atoms in total. The van der Waals surface area contributed by atoms with Crippen molar-refractivity contribution in [3.63, 3.8) is 0 Å². The molecule has 0 aliphatic heterocycles. The molecule has 1 aromatic heterocycles. The number of ether oxygens (including phenoxy) is 1. The number of anilines is 1. The lowest BCUT2D eigenvalue weighted by Crippen LogP contribution is -2.23. The number of carbonyl (C=O) groups is 1. The Bertz CT molecular complexity index is 1150. The monoisotopic (exact) mass is 429 g/mol. The SMILES string of the molecule is CCOc1ccc(NC(=O)C[C@H](C)c2c[nH]c3ccccc23)cc1S(=O)(=O)N(C)C. The van der Waals surface area contributed by atoms with Crippen LogP contribution < -0.4 is 10.1 Å². The van der Waals surface area contributed by atoms with Crippen molar-refractivity contribution in [1.82, 2.24) is 9.29 Å². The largest absolute Gasteiger partial charge is 0.492 e. The minimum Gasteiger partial charge on any atom is -0.492 e. The number of sulfonamides is 1. The van der Waals surface area contributed by atoms with Crippen LogP contribution in [0.1, 0.15) is 31.7 Å². The lowest BCUT2D eigenvalue weighted by molar-refractivity contribution is -0.116. The first kappa shape index (κ1) is 21.9. The third-order valence-electron chi connectivity index (χ3n) is 4.93. The summed E-state index contributed by atoms with van der Waals surface area (Å²) in [6, 6.07) is 12.6. The Hall–Kier alpha value is -2.84. The van der Waals surface area contributed by atoms with Crippen molar-refractivity contribution in [2.75, 3.05) is 26.0 Å². The van der Waals surface area contributed by atoms with Gasteiger partial charge in [0.05, 0.1) is 6.61 Å². The zero-order chi connectivity index (χ0) is 21.9. The standard InChI is InChI=1S/C22H27N3O4S/c1-5-29-20-11-10-16(13-21(20)30(27,28)25(3)4)24-22(26)12-15(2)18-14-23-19-9-7-6-8-17(18)19/h6-11,13-15,23H,5,12H2,1-4H3,(H,24,26)/t15-/m0/s1. The summed E-state index contributed by atoms with van der Waals surface area (Å²) >= 11 is 0. The smallest absolute Gasteiger partial charge is 0.246 e. The summed E-state index contributed by atoms with van der Waals surface area (Å²) in [6.45, 7) is 4.12. The van der Waals surface area contributed by atoms with Crippen molar-refractivity contribution < 1.29 is 17.9 Å². The van der Waals surface area contributed by atoms with E-state index in [0.29, 0.717) is 12.3 Å². The van der Waals surface area contributed by atoms with Crippen molar-refractivity contribution in [1.29, 1.82) is 0 Å². The normalized spacial score (nSPS) is 12.8. The number of carbonyl (C=O) groups excluding carboxylic acids is 1. The van der Waals surface area contributed by atoms with Gasteiger partial charge in [0.1, 0.15) is 10.6 Å². The Kier molecular flexibility index (Phi) is 6.48. The fraction of sp³-hybridized carbons (Fsp3) is 0.318. The maximum absolute atomic E-state index is 12.7. The maximum Gasteiger partial charge on any atom is 0.246 e. The number of nitrogens with one attached hydrogen (secondary N) is 2. The van der Waals surface area contributed by atoms with Crippen LogP contribution in [0.15, 0.2) is 53.6 Å². The van der Waals surface area contributed by atoms with Crippen molar-refractivity contribution in [3.8, 4) is 5.75 Å². The van der Waals surface area contributed by atoms with E-state index in [2.05, 4.69) is 10.3 Å². The van der Waals surface area contributed by atoms with Crippen LogP contribution in [0.2, 0.25) is 0 Å². The molecule has 0 unspecified atom stereocenters. The van der Waals surface area contributed by atoms with Crippen LogP contribution >= 0.6 is 0 Å². The summed E-state index contributed by atoms with van der Waals surface area (Å²) in [5.41, 5.74) is 2.52. The number of nitrogens with zero attached hydrogens (tertiary/aromatic N) is 1. The van der Waals surface area contributed by atoms with Crippen LogP contribution in [0.3, 0.4) is 0 Å². The molecule has 1 amide bonds. The van der Waals surface area contributed by atoms with Crippen LogP contribution in [-0.2, 0) is 14.8 Å². The predicted molar refractivity (Wildman–Crippen MR) is 118 cm³/mol. The van der Waals surface area contributed by atoms with Crippen molar-refractivity contribution in [3.05, 3.63) is 54.2 Å². The summed E-state index contributed by atoms with van der Waals surface area (Å²) in [6.07, 6.45) is 2.20. The number of hydrogen-bond donors (Lipinski definition) is 2. The lowest BCUT2D eigenvalue weighted by Gasteiger charge is -2.17. The minimum atomic E-state index is -3.72. The van der Waals surface area contributed by atoms with E-state index in [-0.39, 0.29) is 28.9 Å². The van der Waals surface area contributed by atoms with Gasteiger partial charge in [-0.15, -0.1) is 0 Å². The Morgan fingerprint density at radius 2 is 1.93 bits per heavy atom. The molecule has 2 aromatic carbocycles. The molecule has 0 saturated heterocycles. The first-order chi connectivity index (χ1) is 14.2. The van der Waals surface area contributed by atoms with Gasteiger partial charge < -0.3 is 15.0 Å². The van der Waals surface area contributed by atoms with E-state index in [1.54, 1.807) is 19.1 Å². The van der Waals surface area contributed by atoms with Crippen LogP contribution in [0.4, 0.5) is 5.69 Å². The molecule has 0 spiro atoms. The van der Waals surface area contributed by atoms with Gasteiger partial charge in [0.2, 0.25) is 15.9 Å². The van der Waals surface area contributed by atoms with Gasteiger partial charge >= 0.3 is 0 Å². The Morgan fingerprint density at radius 1 is 1.20 bits per heavy atom. The zero-order valence-electron chi connectivity index (χ0n) is 17.6. The van der Waals surface area contributed by atoms with Gasteiger partial charge in [-0.3, -0.25) is 4.79 Å². The molecule has 3 rings (SSSR count). The van der Waals surface area contributed by atoms with E-state index in [4.69, 9.17) is 4.74 Å². The summed E-state index contributed by atoms with van der Waals surface area (Å²) < 4.78 is 31.9. The summed E-state index contributed by atoms with van der Waals surface area (Å²) in [4.78, 5) is 15.9. The Morgan fingerprint density at radius 3 is 2.63 bits per heavy atom. The third kappa shape index (κ3) is 4.49. The van der Waals surface area contributed by atoms with Crippen LogP contribution in [0.5, 0.6) is 5.75 Å². The maximum atomic E-state index is 12.7. The number of aromatic nitrogens is 1. The number of fused-ring (bicyclic) bond motifs is 1. The van der Waals surface area contributed by atoms with Crippen LogP contribution in [-0.4, -0.2) is 44.3 Å². The van der Waals surface area contributed by atoms with E-state index >= 15 is 0 Å². The van der Waals surface area contributed by atoms with Crippen molar-refractivity contribution in [2.45, 2.75) is 31.1 Å². The summed E-state index contributed by atoms with van der Waals surface area (Å²) in [7, 11) is -0.803. The second-order valence-corrected chi connectivity index (χ2v) is 9.45. The minimum absolute atomic E-state index is 0.00572. The fourth-order valence-electron chi connectivity index (χ4n) is 3.36.